The number of nitrogen functional groups attached to an aromatic ring is 1. The number of H-pyrrole nitrogens is 3. The number of esters is 1. The molecule has 0 aliphatic heterocycles. The largest absolute Gasteiger partial charge is 0.461 e. The number of hydrogen-bond donors (Lipinski definition) is 4. The molecule has 0 aliphatic rings. The lowest BCUT2D eigenvalue weighted by molar-refractivity contribution is 0.0480. The van der Waals surface area contributed by atoms with Crippen molar-refractivity contribution in [2.75, 3.05) is 33.0 Å². The van der Waals surface area contributed by atoms with Crippen molar-refractivity contribution in [1.82, 2.24) is 20.1 Å². The van der Waals surface area contributed by atoms with E-state index in [0.29, 0.717) is 52.8 Å². The van der Waals surface area contributed by atoms with Crippen LogP contribution in [0.5, 0.6) is 0 Å². The summed E-state index contributed by atoms with van der Waals surface area (Å²) in [7, 11) is 3.84. The second-order valence-electron chi connectivity index (χ2n) is 7.80. The van der Waals surface area contributed by atoms with Gasteiger partial charge >= 0.3 is 5.97 Å². The summed E-state index contributed by atoms with van der Waals surface area (Å²) in [5, 5.41) is 6.73. The Balaban J connectivity index is 1.91. The van der Waals surface area contributed by atoms with Gasteiger partial charge in [-0.1, -0.05) is 18.2 Å². The highest BCUT2D eigenvalue weighted by molar-refractivity contribution is 5.93. The molecule has 8 heteroatoms. The van der Waals surface area contributed by atoms with Crippen LogP contribution in [-0.4, -0.2) is 53.3 Å². The van der Waals surface area contributed by atoms with Gasteiger partial charge in [0.2, 0.25) is 0 Å². The second-order valence-corrected chi connectivity index (χ2v) is 7.80. The van der Waals surface area contributed by atoms with E-state index in [1.165, 1.54) is 0 Å². The molecule has 0 atom stereocenters. The minimum Gasteiger partial charge on any atom is -0.461 e. The van der Waals surface area contributed by atoms with Crippen molar-refractivity contribution in [3.8, 4) is 0 Å². The Hall–Kier alpha value is -3.52. The lowest BCUT2D eigenvalue weighted by Crippen LogP contribution is -2.33. The van der Waals surface area contributed by atoms with Crippen LogP contribution in [0.3, 0.4) is 0 Å². The van der Waals surface area contributed by atoms with Gasteiger partial charge in [-0.2, -0.15) is 0 Å². The SMILES string of the molecule is Cc1[nH]c(C=c2c(=O)[nH][nH]c2=CCc2ccc(N)cc2)c(C)c1C(=O)OCCN(C)C. The number of benzene rings is 1. The molecule has 0 radical (unpaired) electrons. The lowest BCUT2D eigenvalue weighted by atomic mass is 10.1. The normalized spacial score (nSPS) is 12.7. The maximum Gasteiger partial charge on any atom is 0.340 e. The Morgan fingerprint density at radius 2 is 1.87 bits per heavy atom. The summed E-state index contributed by atoms with van der Waals surface area (Å²) in [4.78, 5) is 30.1. The topological polar surface area (TPSA) is 120 Å². The van der Waals surface area contributed by atoms with Crippen LogP contribution < -0.4 is 21.9 Å². The number of carbonyl (C=O) groups excluding carboxylic acids is 1. The van der Waals surface area contributed by atoms with Crippen molar-refractivity contribution in [2.45, 2.75) is 20.3 Å². The van der Waals surface area contributed by atoms with Gasteiger partial charge in [-0.15, -0.1) is 0 Å². The van der Waals surface area contributed by atoms with Crippen LogP contribution in [0.25, 0.3) is 12.2 Å². The van der Waals surface area contributed by atoms with E-state index in [0.717, 1.165) is 11.1 Å². The molecule has 1 aromatic carbocycles. The Morgan fingerprint density at radius 3 is 2.55 bits per heavy atom. The van der Waals surface area contributed by atoms with Crippen LogP contribution in [-0.2, 0) is 11.2 Å². The molecule has 0 bridgehead atoms. The molecule has 5 N–H and O–H groups in total. The maximum atomic E-state index is 12.5. The van der Waals surface area contributed by atoms with E-state index >= 15 is 0 Å². The van der Waals surface area contributed by atoms with Crippen LogP contribution in [0, 0.1) is 13.8 Å². The molecule has 0 spiro atoms. The number of anilines is 1. The maximum absolute atomic E-state index is 12.5. The van der Waals surface area contributed by atoms with Crippen molar-refractivity contribution in [1.29, 1.82) is 0 Å². The first-order valence-corrected chi connectivity index (χ1v) is 10.1. The third-order valence-corrected chi connectivity index (χ3v) is 5.11. The second kappa shape index (κ2) is 9.53. The van der Waals surface area contributed by atoms with Crippen LogP contribution >= 0.6 is 0 Å². The summed E-state index contributed by atoms with van der Waals surface area (Å²) in [6, 6.07) is 7.60. The van der Waals surface area contributed by atoms with Crippen molar-refractivity contribution in [3.63, 3.8) is 0 Å². The van der Waals surface area contributed by atoms with E-state index in [1.807, 2.05) is 63.2 Å². The lowest BCUT2D eigenvalue weighted by Gasteiger charge is -2.10. The minimum absolute atomic E-state index is 0.231. The monoisotopic (exact) mass is 423 g/mol. The average Bonchev–Trinajstić information content (AvgIpc) is 3.20. The van der Waals surface area contributed by atoms with Gasteiger partial charge in [0.1, 0.15) is 6.61 Å². The quantitative estimate of drug-likeness (QED) is 0.331. The number of hydrogen-bond acceptors (Lipinski definition) is 5. The number of nitrogens with two attached hydrogens (primary N) is 1. The molecule has 2 aromatic heterocycles. The summed E-state index contributed by atoms with van der Waals surface area (Å²) in [5.41, 5.74) is 9.95. The number of rotatable bonds is 7. The summed E-state index contributed by atoms with van der Waals surface area (Å²) in [6.07, 6.45) is 4.33. The number of likely N-dealkylation sites (N-methyl/N-ethyl adjacent to an activating group) is 1. The van der Waals surface area contributed by atoms with Crippen molar-refractivity contribution < 1.29 is 9.53 Å². The fraction of sp³-hybridized carbons (Fsp3) is 0.304. The van der Waals surface area contributed by atoms with Crippen molar-refractivity contribution >= 4 is 23.8 Å². The van der Waals surface area contributed by atoms with E-state index in [1.54, 1.807) is 6.08 Å². The molecule has 2 heterocycles. The van der Waals surface area contributed by atoms with Crippen LogP contribution in [0.2, 0.25) is 0 Å². The summed E-state index contributed by atoms with van der Waals surface area (Å²) >= 11 is 0. The molecule has 0 amide bonds. The first-order valence-electron chi connectivity index (χ1n) is 10.1. The Morgan fingerprint density at radius 1 is 1.16 bits per heavy atom. The summed E-state index contributed by atoms with van der Waals surface area (Å²) in [5.74, 6) is -0.370. The number of aryl methyl sites for hydroxylation is 1. The van der Waals surface area contributed by atoms with E-state index < -0.39 is 0 Å². The van der Waals surface area contributed by atoms with Gasteiger partial charge in [-0.3, -0.25) is 15.0 Å². The third kappa shape index (κ3) is 5.35. The molecule has 8 nitrogen and oxygen atoms in total. The molecule has 0 fully saturated rings. The predicted octanol–water partition coefficient (Wildman–Crippen LogP) is 0.801. The average molecular weight is 424 g/mol. The minimum atomic E-state index is -0.370. The van der Waals surface area contributed by atoms with Crippen molar-refractivity contribution in [2.24, 2.45) is 0 Å². The zero-order valence-corrected chi connectivity index (χ0v) is 18.3. The van der Waals surface area contributed by atoms with Gasteiger partial charge < -0.3 is 20.4 Å². The highest BCUT2D eigenvalue weighted by atomic mass is 16.5. The van der Waals surface area contributed by atoms with Crippen LogP contribution in [0.1, 0.15) is 32.9 Å². The number of nitrogens with one attached hydrogen (secondary N) is 3. The molecule has 164 valence electrons. The molecule has 31 heavy (non-hydrogen) atoms. The standard InChI is InChI=1S/C23H29N5O3/c1-14-20(25-15(2)21(14)23(30)31-12-11-28(3)4)13-18-19(26-27-22(18)29)10-7-16-5-8-17(24)9-6-16/h5-6,8-10,13,25-26H,7,11-12,24H2,1-4H3,(H,27,29). The highest BCUT2D eigenvalue weighted by Crippen LogP contribution is 2.19. The smallest absolute Gasteiger partial charge is 0.340 e. The molecule has 3 rings (SSSR count). The number of aromatic amines is 3. The zero-order chi connectivity index (χ0) is 22.5. The van der Waals surface area contributed by atoms with E-state index in [4.69, 9.17) is 10.5 Å². The van der Waals surface area contributed by atoms with Gasteiger partial charge in [0.15, 0.2) is 0 Å². The van der Waals surface area contributed by atoms with Gasteiger partial charge in [0.25, 0.3) is 5.56 Å². The molecule has 0 unspecified atom stereocenters. The molecule has 0 saturated carbocycles. The van der Waals surface area contributed by atoms with Crippen molar-refractivity contribution in [3.05, 3.63) is 73.3 Å². The Kier molecular flexibility index (Phi) is 6.81. The molecule has 3 aromatic rings. The molecular formula is C23H29N5O3. The first kappa shape index (κ1) is 22.2. The zero-order valence-electron chi connectivity index (χ0n) is 18.3. The van der Waals surface area contributed by atoms with Gasteiger partial charge in [-0.25, -0.2) is 4.79 Å². The van der Waals surface area contributed by atoms with Gasteiger partial charge in [0, 0.05) is 23.6 Å². The fourth-order valence-electron chi connectivity index (χ4n) is 3.32. The Labute approximate surface area is 180 Å². The van der Waals surface area contributed by atoms with Gasteiger partial charge in [-0.05, 0) is 63.7 Å². The number of nitrogens with zero attached hydrogens (tertiary/aromatic N) is 1. The number of ether oxygens (including phenoxy) is 1. The third-order valence-electron chi connectivity index (χ3n) is 5.11. The number of aromatic nitrogens is 3. The van der Waals surface area contributed by atoms with E-state index in [-0.39, 0.29) is 11.5 Å². The molecule has 0 saturated heterocycles. The van der Waals surface area contributed by atoms with E-state index in [9.17, 15) is 9.59 Å². The van der Waals surface area contributed by atoms with Crippen LogP contribution in [0.4, 0.5) is 5.69 Å². The predicted molar refractivity (Wildman–Crippen MR) is 122 cm³/mol. The van der Waals surface area contributed by atoms with E-state index in [2.05, 4.69) is 15.2 Å². The summed E-state index contributed by atoms with van der Waals surface area (Å²) in [6.45, 7) is 4.63. The molecule has 0 aliphatic carbocycles. The fourth-order valence-corrected chi connectivity index (χ4v) is 3.32. The first-order chi connectivity index (χ1) is 14.8. The Bertz CT molecular complexity index is 1230. The van der Waals surface area contributed by atoms with Gasteiger partial charge in [0.05, 0.1) is 16.1 Å². The highest BCUT2D eigenvalue weighted by Gasteiger charge is 2.18. The number of carbonyl (C=O) groups is 1. The van der Waals surface area contributed by atoms with Crippen LogP contribution in [0.15, 0.2) is 29.1 Å². The molecular weight excluding hydrogens is 394 g/mol. The summed E-state index contributed by atoms with van der Waals surface area (Å²) < 4.78 is 5.39.